The minimum Gasteiger partial charge on any atom is -0.339 e. The molecule has 4 N–H and O–H groups in total. The van der Waals surface area contributed by atoms with E-state index >= 15 is 0 Å². The number of rotatable bonds is 0. The van der Waals surface area contributed by atoms with Crippen LogP contribution in [0.5, 0.6) is 0 Å². The summed E-state index contributed by atoms with van der Waals surface area (Å²) in [6.45, 7) is 0. The van der Waals surface area contributed by atoms with Gasteiger partial charge in [0.2, 0.25) is 0 Å². The summed E-state index contributed by atoms with van der Waals surface area (Å²) >= 11 is 7.00. The van der Waals surface area contributed by atoms with E-state index in [4.69, 9.17) is 22.4 Å². The van der Waals surface area contributed by atoms with Crippen molar-refractivity contribution in [2.45, 2.75) is 0 Å². The average molecular weight is 279 g/mol. The van der Waals surface area contributed by atoms with Crippen LogP contribution in [0.2, 0.25) is 5.02 Å². The molecule has 18 heavy (non-hydrogen) atoms. The molecule has 0 aliphatic carbocycles. The highest BCUT2D eigenvalue weighted by Gasteiger charge is 2.32. The molecule has 90 valence electrons. The molecule has 0 bridgehead atoms. The lowest BCUT2D eigenvalue weighted by atomic mass is 10.1. The maximum absolute atomic E-state index is 11.3. The van der Waals surface area contributed by atoms with Crippen LogP contribution in [0.3, 0.4) is 0 Å². The Bertz CT molecular complexity index is 652. The number of nitrogens with one attached hydrogen (secondary N) is 4. The van der Waals surface area contributed by atoms with Gasteiger partial charge in [0.15, 0.2) is 0 Å². The molecule has 0 spiro atoms. The second-order valence-electron chi connectivity index (χ2n) is 3.76. The fourth-order valence-corrected chi connectivity index (χ4v) is 2.95. The zero-order valence-corrected chi connectivity index (χ0v) is 10.5. The molecular formula is C11H7ClN4OS. The fraction of sp³-hybridized carbons (Fsp3) is 0. The molecule has 0 unspecified atom stereocenters. The van der Waals surface area contributed by atoms with Crippen molar-refractivity contribution >= 4 is 46.0 Å². The van der Waals surface area contributed by atoms with E-state index in [1.807, 2.05) is 6.07 Å². The number of benzene rings is 1. The van der Waals surface area contributed by atoms with Crippen molar-refractivity contribution in [1.82, 2.24) is 10.6 Å². The van der Waals surface area contributed by atoms with Crippen LogP contribution < -0.4 is 10.6 Å². The average Bonchev–Trinajstić information content (AvgIpc) is 2.80. The highest BCUT2D eigenvalue weighted by atomic mass is 35.5. The van der Waals surface area contributed by atoms with Gasteiger partial charge in [0, 0.05) is 11.1 Å². The summed E-state index contributed by atoms with van der Waals surface area (Å²) in [6, 6.07) is 5.30. The molecule has 1 amide bonds. The molecule has 2 heterocycles. The molecule has 0 aromatic heterocycles. The van der Waals surface area contributed by atoms with Crippen LogP contribution in [-0.4, -0.2) is 16.9 Å². The minimum absolute atomic E-state index is 0.0492. The largest absolute Gasteiger partial charge is 0.339 e. The summed E-state index contributed by atoms with van der Waals surface area (Å²) in [5, 5.41) is 21.1. The van der Waals surface area contributed by atoms with E-state index < -0.39 is 0 Å². The van der Waals surface area contributed by atoms with Gasteiger partial charge in [-0.2, -0.15) is 0 Å². The highest BCUT2D eigenvalue weighted by molar-refractivity contribution is 8.18. The second kappa shape index (κ2) is 3.86. The molecule has 3 rings (SSSR count). The number of carbonyl (C=O) groups is 1. The molecule has 2 aliphatic heterocycles. The molecule has 5 nitrogen and oxygen atoms in total. The van der Waals surface area contributed by atoms with E-state index in [9.17, 15) is 4.79 Å². The smallest absolute Gasteiger partial charge is 0.289 e. The van der Waals surface area contributed by atoms with Crippen LogP contribution in [0, 0.1) is 10.8 Å². The molecule has 0 radical (unpaired) electrons. The van der Waals surface area contributed by atoms with Crippen LogP contribution in [0.25, 0.3) is 5.70 Å². The zero-order valence-electron chi connectivity index (χ0n) is 8.93. The first-order valence-electron chi connectivity index (χ1n) is 5.05. The summed E-state index contributed by atoms with van der Waals surface area (Å²) < 4.78 is 0. The Kier molecular flexibility index (Phi) is 2.42. The van der Waals surface area contributed by atoms with E-state index in [1.54, 1.807) is 12.1 Å². The fourth-order valence-electron chi connectivity index (χ4n) is 1.92. The summed E-state index contributed by atoms with van der Waals surface area (Å²) in [5.74, 6) is 0.235. The second-order valence-corrected chi connectivity index (χ2v) is 5.15. The SMILES string of the molecule is N=C1NC(=O)S/C1=C1/NC(=N)c2c(Cl)cccc21. The van der Waals surface area contributed by atoms with E-state index in [0.717, 1.165) is 17.3 Å². The van der Waals surface area contributed by atoms with Crippen LogP contribution in [-0.2, 0) is 0 Å². The van der Waals surface area contributed by atoms with E-state index in [-0.39, 0.29) is 16.9 Å². The van der Waals surface area contributed by atoms with E-state index in [1.165, 1.54) is 0 Å². The zero-order chi connectivity index (χ0) is 12.9. The van der Waals surface area contributed by atoms with Crippen molar-refractivity contribution in [2.75, 3.05) is 0 Å². The van der Waals surface area contributed by atoms with Gasteiger partial charge < -0.3 is 10.6 Å². The standard InChI is InChI=1S/C11H7ClN4OS/c12-5-3-1-2-4-6(5)9(13)15-7(4)8-10(14)16-11(17)18-8/h1-3H,(H2,13,15)(H2,14,16,17)/b8-7+. The minimum atomic E-state index is -0.286. The lowest BCUT2D eigenvalue weighted by Gasteiger charge is -2.03. The Balaban J connectivity index is 2.23. The van der Waals surface area contributed by atoms with Crippen molar-refractivity contribution in [3.63, 3.8) is 0 Å². The van der Waals surface area contributed by atoms with Gasteiger partial charge in [-0.25, -0.2) is 0 Å². The summed E-state index contributed by atoms with van der Waals surface area (Å²) in [7, 11) is 0. The van der Waals surface area contributed by atoms with Gasteiger partial charge in [-0.3, -0.25) is 15.6 Å². The normalized spacial score (nSPS) is 21.9. The van der Waals surface area contributed by atoms with Gasteiger partial charge in [-0.15, -0.1) is 0 Å². The van der Waals surface area contributed by atoms with Crippen molar-refractivity contribution in [1.29, 1.82) is 10.8 Å². The summed E-state index contributed by atoms with van der Waals surface area (Å²) in [4.78, 5) is 11.7. The predicted octanol–water partition coefficient (Wildman–Crippen LogP) is 2.37. The number of fused-ring (bicyclic) bond motifs is 1. The Morgan fingerprint density at radius 3 is 2.61 bits per heavy atom. The first-order chi connectivity index (χ1) is 8.58. The van der Waals surface area contributed by atoms with E-state index in [2.05, 4.69) is 10.6 Å². The number of thioether (sulfide) groups is 1. The third kappa shape index (κ3) is 1.53. The van der Waals surface area contributed by atoms with Crippen LogP contribution >= 0.6 is 23.4 Å². The first-order valence-corrected chi connectivity index (χ1v) is 6.24. The molecular weight excluding hydrogens is 272 g/mol. The van der Waals surface area contributed by atoms with E-state index in [0.29, 0.717) is 21.2 Å². The van der Waals surface area contributed by atoms with Gasteiger partial charge in [0.1, 0.15) is 11.7 Å². The lowest BCUT2D eigenvalue weighted by Crippen LogP contribution is -2.19. The van der Waals surface area contributed by atoms with Gasteiger partial charge in [-0.05, 0) is 17.8 Å². The molecule has 7 heteroatoms. The Morgan fingerprint density at radius 1 is 1.17 bits per heavy atom. The topological polar surface area (TPSA) is 88.8 Å². The maximum atomic E-state index is 11.3. The predicted molar refractivity (Wildman–Crippen MR) is 72.2 cm³/mol. The number of hydrogen-bond acceptors (Lipinski definition) is 4. The molecule has 1 fully saturated rings. The van der Waals surface area contributed by atoms with Crippen LogP contribution in [0.4, 0.5) is 4.79 Å². The quantitative estimate of drug-likeness (QED) is 0.587. The molecule has 1 aromatic rings. The summed E-state index contributed by atoms with van der Waals surface area (Å²) in [5.41, 5.74) is 1.94. The van der Waals surface area contributed by atoms with Crippen molar-refractivity contribution < 1.29 is 4.79 Å². The molecule has 0 atom stereocenters. The Morgan fingerprint density at radius 2 is 1.94 bits per heavy atom. The molecule has 2 aliphatic rings. The number of halogens is 1. The van der Waals surface area contributed by atoms with Crippen LogP contribution in [0.15, 0.2) is 23.1 Å². The van der Waals surface area contributed by atoms with Gasteiger partial charge in [0.05, 0.1) is 15.6 Å². The van der Waals surface area contributed by atoms with Crippen molar-refractivity contribution in [3.05, 3.63) is 39.3 Å². The number of amides is 1. The molecule has 0 saturated carbocycles. The summed E-state index contributed by atoms with van der Waals surface area (Å²) in [6.07, 6.45) is 0. The third-order valence-corrected chi connectivity index (χ3v) is 3.87. The third-order valence-electron chi connectivity index (χ3n) is 2.66. The van der Waals surface area contributed by atoms with Gasteiger partial charge in [-0.1, -0.05) is 23.7 Å². The van der Waals surface area contributed by atoms with Crippen molar-refractivity contribution in [3.8, 4) is 0 Å². The lowest BCUT2D eigenvalue weighted by molar-refractivity contribution is 0.265. The number of carbonyl (C=O) groups excluding carboxylic acids is 1. The van der Waals surface area contributed by atoms with Gasteiger partial charge in [0.25, 0.3) is 5.24 Å². The highest BCUT2D eigenvalue weighted by Crippen LogP contribution is 2.37. The molecule has 1 saturated heterocycles. The Labute approximate surface area is 112 Å². The van der Waals surface area contributed by atoms with Crippen LogP contribution in [0.1, 0.15) is 11.1 Å². The first kappa shape index (κ1) is 11.3. The van der Waals surface area contributed by atoms with Crippen molar-refractivity contribution in [2.24, 2.45) is 0 Å². The number of hydrogen-bond donors (Lipinski definition) is 4. The monoisotopic (exact) mass is 278 g/mol. The Hall–Kier alpha value is -1.79. The van der Waals surface area contributed by atoms with Gasteiger partial charge >= 0.3 is 0 Å². The maximum Gasteiger partial charge on any atom is 0.289 e. The molecule has 1 aromatic carbocycles. The number of amidine groups is 2.